The van der Waals surface area contributed by atoms with Crippen LogP contribution >= 0.6 is 26.0 Å². The summed E-state index contributed by atoms with van der Waals surface area (Å²) >= 11 is 0.466. The summed E-state index contributed by atoms with van der Waals surface area (Å²) in [5, 5.41) is 23.0. The molecule has 6 heterocycles. The summed E-state index contributed by atoms with van der Waals surface area (Å²) < 4.78 is 89.9. The van der Waals surface area contributed by atoms with E-state index in [-0.39, 0.29) is 40.4 Å². The van der Waals surface area contributed by atoms with Crippen molar-refractivity contribution in [3.8, 4) is 0 Å². The predicted octanol–water partition coefficient (Wildman–Crippen LogP) is 3.10. The largest absolute Gasteiger partial charge is 0.510 e. The van der Waals surface area contributed by atoms with Crippen molar-refractivity contribution in [2.75, 3.05) is 38.3 Å². The van der Waals surface area contributed by atoms with Gasteiger partial charge in [0.15, 0.2) is 34.8 Å². The van der Waals surface area contributed by atoms with E-state index in [1.54, 1.807) is 32.3 Å². The standard InChI is InChI=1S/C34H45N9O17P2S/c1-15(2)56-32(47)51-13-55-61(49)54-9-34-6-19(34)23(42-11-38-21-27(35)36-10-37-28(21)42)24(45)26(34)60-62(50,63-14-52-33(48)57-16(3)4)53-8-20-18(7-44)25(59-61)31(58-20)43-12-39-22-29(43)40-17(5)41-30(22)46/h10-12,15-16,18-20,23-26,31,44-45H,6-9,13-14H2,1-5H3,(H2,35,36,37)(H,40,41,46)/t18-,19-,20-,23-,24+,25-,26+,31-,34-,61+,62-/m1/s1. The number of nitrogen functional groups attached to an aromatic ring is 1. The van der Waals surface area contributed by atoms with E-state index < -0.39 is 131 Å². The molecule has 2 saturated carbocycles. The fourth-order valence-electron chi connectivity index (χ4n) is 8.08. The minimum Gasteiger partial charge on any atom is -0.432 e. The summed E-state index contributed by atoms with van der Waals surface area (Å²) in [5.74, 6) is -2.05. The highest BCUT2D eigenvalue weighted by Crippen LogP contribution is 2.74. The number of anilines is 1. The molecule has 344 valence electrons. The molecule has 63 heavy (non-hydrogen) atoms. The van der Waals surface area contributed by atoms with E-state index in [1.807, 2.05) is 0 Å². The van der Waals surface area contributed by atoms with Crippen LogP contribution in [0.5, 0.6) is 0 Å². The SMILES string of the molecule is Cc1nc2c(ncn2[C@@H]2O[C@@H]3CO[P@@](=O)(SCOC(=O)OC(C)C)O[C@H]4[C@@H](O)[C@H](n5cnc6c(N)ncnc65)[C@H]5C[C@@]54CO[P@@](=O)(OCOC(=O)OC(C)C)O[C@@H]2[C@@H]3CO)c(=O)[nH]1. The predicted molar refractivity (Wildman–Crippen MR) is 213 cm³/mol. The van der Waals surface area contributed by atoms with Crippen LogP contribution in [0, 0.1) is 24.2 Å². The lowest BCUT2D eigenvalue weighted by Crippen LogP contribution is -2.38. The number of phosphoric acid groups is 1. The zero-order valence-electron chi connectivity index (χ0n) is 34.3. The van der Waals surface area contributed by atoms with Gasteiger partial charge in [-0.05, 0) is 47.0 Å². The van der Waals surface area contributed by atoms with Crippen LogP contribution in [0.2, 0.25) is 0 Å². The Hall–Kier alpha value is -4.27. The third-order valence-electron chi connectivity index (χ3n) is 10.9. The third-order valence-corrected chi connectivity index (χ3v) is 15.6. The van der Waals surface area contributed by atoms with E-state index in [2.05, 4.69) is 29.9 Å². The van der Waals surface area contributed by atoms with Crippen molar-refractivity contribution in [3.63, 3.8) is 0 Å². The fourth-order valence-corrected chi connectivity index (χ4v) is 12.2. The number of aliphatic hydroxyl groups excluding tert-OH is 2. The lowest BCUT2D eigenvalue weighted by molar-refractivity contribution is -0.0688. The Morgan fingerprint density at radius 3 is 2.46 bits per heavy atom. The van der Waals surface area contributed by atoms with Crippen LogP contribution < -0.4 is 11.3 Å². The van der Waals surface area contributed by atoms with Crippen molar-refractivity contribution >= 4 is 66.5 Å². The molecule has 11 atom stereocenters. The number of nitrogens with two attached hydrogens (primary N) is 1. The van der Waals surface area contributed by atoms with Crippen molar-refractivity contribution in [2.45, 2.75) is 89.9 Å². The monoisotopic (exact) mass is 945 g/mol. The topological polar surface area (TPSA) is 334 Å². The van der Waals surface area contributed by atoms with Crippen LogP contribution in [0.15, 0.2) is 23.8 Å². The summed E-state index contributed by atoms with van der Waals surface area (Å²) in [6, 6.07) is -0.881. The first-order chi connectivity index (χ1) is 29.9. The average molecular weight is 946 g/mol. The van der Waals surface area contributed by atoms with E-state index in [0.29, 0.717) is 11.4 Å². The summed E-state index contributed by atoms with van der Waals surface area (Å²) in [6.45, 7) is 0.434. The highest BCUT2D eigenvalue weighted by atomic mass is 32.7. The zero-order valence-corrected chi connectivity index (χ0v) is 36.9. The number of carbonyl (C=O) groups excluding carboxylic acids is 2. The summed E-state index contributed by atoms with van der Waals surface area (Å²) in [5.41, 5.74) is 4.64. The lowest BCUT2D eigenvalue weighted by atomic mass is 9.99. The minimum atomic E-state index is -4.99. The Bertz CT molecular complexity index is 2520. The van der Waals surface area contributed by atoms with Crippen LogP contribution in [-0.2, 0) is 55.4 Å². The van der Waals surface area contributed by atoms with Crippen LogP contribution in [0.3, 0.4) is 0 Å². The van der Waals surface area contributed by atoms with E-state index in [1.165, 1.54) is 30.5 Å². The lowest BCUT2D eigenvalue weighted by Gasteiger charge is -2.32. The molecule has 4 fully saturated rings. The number of hydrogen-bond acceptors (Lipinski definition) is 24. The quantitative estimate of drug-likeness (QED) is 0.0953. The highest BCUT2D eigenvalue weighted by molar-refractivity contribution is 8.55. The molecule has 0 aromatic carbocycles. The second-order valence-electron chi connectivity index (χ2n) is 15.7. The number of aryl methyl sites for hydroxylation is 1. The molecule has 26 nitrogen and oxygen atoms in total. The van der Waals surface area contributed by atoms with Gasteiger partial charge in [0.2, 0.25) is 6.79 Å². The second-order valence-corrected chi connectivity index (χ2v) is 21.3. The second kappa shape index (κ2) is 17.6. The highest BCUT2D eigenvalue weighted by Gasteiger charge is 2.74. The van der Waals surface area contributed by atoms with Gasteiger partial charge >= 0.3 is 26.9 Å². The molecule has 8 rings (SSSR count). The number of nitrogens with zero attached hydrogens (tertiary/aromatic N) is 7. The van der Waals surface area contributed by atoms with Gasteiger partial charge in [-0.15, -0.1) is 0 Å². The van der Waals surface area contributed by atoms with E-state index in [9.17, 15) is 24.6 Å². The molecule has 2 aliphatic carbocycles. The maximum atomic E-state index is 15.0. The van der Waals surface area contributed by atoms with Crippen LogP contribution in [0.25, 0.3) is 22.3 Å². The number of H-pyrrole nitrogens is 1. The molecule has 2 saturated heterocycles. The Morgan fingerprint density at radius 2 is 1.73 bits per heavy atom. The number of fused-ring (bicyclic) bond motifs is 4. The van der Waals surface area contributed by atoms with Gasteiger partial charge in [0, 0.05) is 22.7 Å². The van der Waals surface area contributed by atoms with Crippen LogP contribution in [0.1, 0.15) is 52.2 Å². The first-order valence-corrected chi connectivity index (χ1v) is 24.2. The molecular formula is C34H45N9O17P2S. The fraction of sp³-hybridized carbons (Fsp3) is 0.647. The average Bonchev–Trinajstić information content (AvgIpc) is 3.50. The van der Waals surface area contributed by atoms with Gasteiger partial charge in [-0.25, -0.2) is 48.2 Å². The molecule has 0 unspecified atom stereocenters. The number of hydrogen-bond donors (Lipinski definition) is 4. The van der Waals surface area contributed by atoms with E-state index in [4.69, 9.17) is 52.0 Å². The number of rotatable bonds is 11. The molecule has 29 heteroatoms. The van der Waals surface area contributed by atoms with Gasteiger partial charge < -0.3 is 49.2 Å². The maximum Gasteiger partial charge on any atom is 0.510 e. The zero-order chi connectivity index (χ0) is 45.0. The minimum absolute atomic E-state index is 0.0215. The van der Waals surface area contributed by atoms with Crippen molar-refractivity contribution in [1.82, 2.24) is 39.0 Å². The number of phosphoric ester groups is 1. The van der Waals surface area contributed by atoms with Crippen molar-refractivity contribution < 1.29 is 75.2 Å². The molecule has 0 radical (unpaired) electrons. The van der Waals surface area contributed by atoms with E-state index in [0.717, 1.165) is 0 Å². The first kappa shape index (κ1) is 45.3. The molecule has 2 aliphatic heterocycles. The van der Waals surface area contributed by atoms with Gasteiger partial charge in [0.1, 0.15) is 36.0 Å². The smallest absolute Gasteiger partial charge is 0.432 e. The first-order valence-electron chi connectivity index (χ1n) is 19.6. The Kier molecular flexibility index (Phi) is 12.7. The normalized spacial score (nSPS) is 33.0. The van der Waals surface area contributed by atoms with Gasteiger partial charge in [0.25, 0.3) is 5.56 Å². The van der Waals surface area contributed by atoms with E-state index >= 15 is 9.13 Å². The number of aromatic amines is 1. The number of carbonyl (C=O) groups is 2. The molecular weight excluding hydrogens is 900 g/mol. The molecule has 4 aliphatic rings. The molecule has 1 spiro atoms. The van der Waals surface area contributed by atoms with Crippen LogP contribution in [-0.4, -0.2) is 131 Å². The third kappa shape index (κ3) is 8.93. The van der Waals surface area contributed by atoms with Gasteiger partial charge in [-0.1, -0.05) is 0 Å². The molecule has 4 aromatic heterocycles. The van der Waals surface area contributed by atoms with Gasteiger partial charge in [-0.3, -0.25) is 27.5 Å². The van der Waals surface area contributed by atoms with Gasteiger partial charge in [0.05, 0.1) is 56.8 Å². The van der Waals surface area contributed by atoms with Crippen molar-refractivity contribution in [2.24, 2.45) is 17.3 Å². The summed E-state index contributed by atoms with van der Waals surface area (Å²) in [6.07, 6.45) is -6.32. The molecule has 0 amide bonds. The molecule has 4 aromatic rings. The van der Waals surface area contributed by atoms with Gasteiger partial charge in [-0.2, -0.15) is 0 Å². The number of ether oxygens (including phenoxy) is 5. The number of nitrogens with one attached hydrogen (secondary N) is 1. The Balaban J connectivity index is 1.19. The molecule has 5 N–H and O–H groups in total. The van der Waals surface area contributed by atoms with Crippen molar-refractivity contribution in [1.29, 1.82) is 0 Å². The number of aromatic nitrogens is 8. The maximum absolute atomic E-state index is 15.0. The Morgan fingerprint density at radius 1 is 1.02 bits per heavy atom. The summed E-state index contributed by atoms with van der Waals surface area (Å²) in [4.78, 5) is 61.3. The van der Waals surface area contributed by atoms with Crippen molar-refractivity contribution in [3.05, 3.63) is 35.2 Å². The number of imidazole rings is 2. The number of aliphatic hydroxyl groups is 2. The summed E-state index contributed by atoms with van der Waals surface area (Å²) in [7, 11) is -4.99. The Labute approximate surface area is 360 Å². The van der Waals surface area contributed by atoms with Crippen LogP contribution in [0.4, 0.5) is 15.4 Å². The molecule has 2 bridgehead atoms.